The van der Waals surface area contributed by atoms with Gasteiger partial charge in [-0.05, 0) is 68.3 Å². The molecule has 2 aromatic carbocycles. The maximum atomic E-state index is 13.1. The number of ether oxygens (including phenoxy) is 2. The van der Waals surface area contributed by atoms with E-state index in [1.54, 1.807) is 19.1 Å². The van der Waals surface area contributed by atoms with Crippen LogP contribution in [0.25, 0.3) is 0 Å². The number of likely N-dealkylation sites (tertiary alicyclic amines) is 1. The first kappa shape index (κ1) is 25.5. The number of esters is 1. The lowest BCUT2D eigenvalue weighted by Gasteiger charge is -2.35. The molecule has 1 N–H and O–H groups in total. The summed E-state index contributed by atoms with van der Waals surface area (Å²) >= 11 is 0. The van der Waals surface area contributed by atoms with Crippen LogP contribution in [-0.2, 0) is 14.3 Å². The van der Waals surface area contributed by atoms with Crippen molar-refractivity contribution < 1.29 is 37.0 Å². The van der Waals surface area contributed by atoms with Crippen LogP contribution in [-0.4, -0.2) is 60.8 Å². The highest BCUT2D eigenvalue weighted by Crippen LogP contribution is 2.29. The fraction of sp³-hybridized carbons (Fsp3) is 0.400. The van der Waals surface area contributed by atoms with Crippen LogP contribution in [0.3, 0.4) is 0 Å². The summed E-state index contributed by atoms with van der Waals surface area (Å²) in [7, 11) is 0. The normalized spacial score (nSPS) is 19.4. The van der Waals surface area contributed by atoms with Crippen molar-refractivity contribution in [2.45, 2.75) is 44.6 Å². The Morgan fingerprint density at radius 3 is 2.25 bits per heavy atom. The number of carbonyl (C=O) groups is 3. The summed E-state index contributed by atoms with van der Waals surface area (Å²) in [5.74, 6) is -1.35. The molecule has 0 spiro atoms. The Bertz CT molecular complexity index is 1100. The Kier molecular flexibility index (Phi) is 7.48. The van der Waals surface area contributed by atoms with Gasteiger partial charge in [-0.25, -0.2) is 9.69 Å². The molecule has 2 aromatic rings. The first-order valence-electron chi connectivity index (χ1n) is 11.6. The molecule has 1 atom stereocenters. The topological polar surface area (TPSA) is 88.2 Å². The number of piperidine rings is 1. The molecular weight excluding hydrogens is 479 g/mol. The van der Waals surface area contributed by atoms with Crippen molar-refractivity contribution in [2.24, 2.45) is 0 Å². The number of halogens is 3. The number of benzene rings is 2. The molecule has 36 heavy (non-hydrogen) atoms. The molecule has 1 unspecified atom stereocenters. The van der Waals surface area contributed by atoms with Crippen LogP contribution < -0.4 is 15.0 Å². The first-order chi connectivity index (χ1) is 17.1. The second kappa shape index (κ2) is 10.6. The van der Waals surface area contributed by atoms with Gasteiger partial charge < -0.3 is 14.8 Å². The van der Waals surface area contributed by atoms with Crippen molar-refractivity contribution in [3.63, 3.8) is 0 Å². The highest BCUT2D eigenvalue weighted by Gasteiger charge is 2.43. The van der Waals surface area contributed by atoms with E-state index in [4.69, 9.17) is 4.74 Å². The van der Waals surface area contributed by atoms with Gasteiger partial charge in [-0.3, -0.25) is 14.5 Å². The van der Waals surface area contributed by atoms with Crippen molar-refractivity contribution in [1.29, 1.82) is 0 Å². The minimum atomic E-state index is -4.73. The van der Waals surface area contributed by atoms with E-state index < -0.39 is 18.4 Å². The summed E-state index contributed by atoms with van der Waals surface area (Å²) in [6.45, 7) is 3.14. The van der Waals surface area contributed by atoms with Crippen molar-refractivity contribution in [3.05, 3.63) is 54.1 Å². The standard InChI is InChI=1S/C25H26F3N3O5/c1-2-35-24(34)16-3-7-19(8-4-16)31-22(32)15-21(23(31)33)30-13-11-18(12-14-30)29-17-5-9-20(10-6-17)36-25(26,27)28/h3-10,18,21,29H,2,11-15H2,1H3. The Labute approximate surface area is 205 Å². The van der Waals surface area contributed by atoms with Crippen LogP contribution in [0, 0.1) is 0 Å². The van der Waals surface area contributed by atoms with Crippen molar-refractivity contribution in [1.82, 2.24) is 4.90 Å². The monoisotopic (exact) mass is 505 g/mol. The number of hydrogen-bond acceptors (Lipinski definition) is 7. The number of carbonyl (C=O) groups excluding carboxylic acids is 3. The first-order valence-corrected chi connectivity index (χ1v) is 11.6. The predicted octanol–water partition coefficient (Wildman–Crippen LogP) is 3.97. The van der Waals surface area contributed by atoms with E-state index >= 15 is 0 Å². The third-order valence-electron chi connectivity index (χ3n) is 6.19. The van der Waals surface area contributed by atoms with Gasteiger partial charge in [-0.15, -0.1) is 13.2 Å². The van der Waals surface area contributed by atoms with E-state index in [0.29, 0.717) is 42.9 Å². The van der Waals surface area contributed by atoms with Gasteiger partial charge in [0.15, 0.2) is 0 Å². The van der Waals surface area contributed by atoms with Gasteiger partial charge in [0.05, 0.1) is 30.3 Å². The molecule has 8 nitrogen and oxygen atoms in total. The average Bonchev–Trinajstić information content (AvgIpc) is 3.14. The molecule has 2 aliphatic rings. The van der Waals surface area contributed by atoms with Crippen molar-refractivity contribution in [2.75, 3.05) is 29.9 Å². The van der Waals surface area contributed by atoms with E-state index in [-0.39, 0.29) is 36.6 Å². The van der Waals surface area contributed by atoms with Gasteiger partial charge >= 0.3 is 12.3 Å². The Morgan fingerprint density at radius 2 is 1.67 bits per heavy atom. The Morgan fingerprint density at radius 1 is 1.03 bits per heavy atom. The van der Waals surface area contributed by atoms with E-state index in [9.17, 15) is 27.6 Å². The Hall–Kier alpha value is -3.60. The zero-order chi connectivity index (χ0) is 25.9. The molecule has 0 radical (unpaired) electrons. The zero-order valence-corrected chi connectivity index (χ0v) is 19.6. The number of nitrogens with zero attached hydrogens (tertiary/aromatic N) is 2. The zero-order valence-electron chi connectivity index (χ0n) is 19.6. The van der Waals surface area contributed by atoms with Gasteiger partial charge in [0.2, 0.25) is 5.91 Å². The van der Waals surface area contributed by atoms with Crippen molar-refractivity contribution >= 4 is 29.2 Å². The third-order valence-corrected chi connectivity index (χ3v) is 6.19. The van der Waals surface area contributed by atoms with Gasteiger partial charge in [-0.2, -0.15) is 0 Å². The molecular formula is C25H26F3N3O5. The summed E-state index contributed by atoms with van der Waals surface area (Å²) in [6.07, 6.45) is -3.25. The summed E-state index contributed by atoms with van der Waals surface area (Å²) in [4.78, 5) is 40.8. The van der Waals surface area contributed by atoms with Gasteiger partial charge in [0, 0.05) is 24.8 Å². The second-order valence-corrected chi connectivity index (χ2v) is 8.58. The summed E-state index contributed by atoms with van der Waals surface area (Å²) < 4.78 is 45.8. The molecule has 0 saturated carbocycles. The van der Waals surface area contributed by atoms with Crippen LogP contribution in [0.4, 0.5) is 24.5 Å². The lowest BCUT2D eigenvalue weighted by atomic mass is 10.0. The summed E-state index contributed by atoms with van der Waals surface area (Å²) in [5.41, 5.74) is 1.43. The maximum absolute atomic E-state index is 13.1. The molecule has 2 aliphatic heterocycles. The largest absolute Gasteiger partial charge is 0.573 e. The van der Waals surface area contributed by atoms with E-state index in [1.165, 1.54) is 36.4 Å². The molecule has 192 valence electrons. The average molecular weight is 505 g/mol. The van der Waals surface area contributed by atoms with E-state index in [1.807, 2.05) is 4.90 Å². The number of alkyl halides is 3. The van der Waals surface area contributed by atoms with E-state index in [0.717, 1.165) is 4.90 Å². The lowest BCUT2D eigenvalue weighted by molar-refractivity contribution is -0.274. The molecule has 11 heteroatoms. The minimum absolute atomic E-state index is 0.0781. The molecule has 2 amide bonds. The van der Waals surface area contributed by atoms with Gasteiger partial charge in [-0.1, -0.05) is 0 Å². The number of rotatable bonds is 7. The molecule has 2 saturated heterocycles. The summed E-state index contributed by atoms with van der Waals surface area (Å²) in [6, 6.07) is 11.3. The fourth-order valence-electron chi connectivity index (χ4n) is 4.48. The van der Waals surface area contributed by atoms with Crippen molar-refractivity contribution in [3.8, 4) is 5.75 Å². The molecule has 2 heterocycles. The highest BCUT2D eigenvalue weighted by atomic mass is 19.4. The van der Waals surface area contributed by atoms with Gasteiger partial charge in [0.1, 0.15) is 5.75 Å². The molecule has 2 fully saturated rings. The highest BCUT2D eigenvalue weighted by molar-refractivity contribution is 6.22. The van der Waals surface area contributed by atoms with Crippen LogP contribution in [0.15, 0.2) is 48.5 Å². The smallest absolute Gasteiger partial charge is 0.462 e. The predicted molar refractivity (Wildman–Crippen MR) is 125 cm³/mol. The number of imide groups is 1. The number of nitrogens with one attached hydrogen (secondary N) is 1. The molecule has 0 aliphatic carbocycles. The number of hydrogen-bond donors (Lipinski definition) is 1. The minimum Gasteiger partial charge on any atom is -0.462 e. The Balaban J connectivity index is 1.31. The number of anilines is 2. The molecule has 0 aromatic heterocycles. The SMILES string of the molecule is CCOC(=O)c1ccc(N2C(=O)CC(N3CCC(Nc4ccc(OC(F)(F)F)cc4)CC3)C2=O)cc1. The van der Waals surface area contributed by atoms with Crippen LogP contribution in [0.2, 0.25) is 0 Å². The third kappa shape index (κ3) is 5.96. The van der Waals surface area contributed by atoms with Crippen LogP contribution >= 0.6 is 0 Å². The molecule has 4 rings (SSSR count). The van der Waals surface area contributed by atoms with Crippen LogP contribution in [0.1, 0.15) is 36.5 Å². The summed E-state index contributed by atoms with van der Waals surface area (Å²) in [5, 5.41) is 3.30. The quantitative estimate of drug-likeness (QED) is 0.450. The molecule has 0 bridgehead atoms. The lowest BCUT2D eigenvalue weighted by Crippen LogP contribution is -2.48. The van der Waals surface area contributed by atoms with E-state index in [2.05, 4.69) is 10.1 Å². The second-order valence-electron chi connectivity index (χ2n) is 8.58. The van der Waals surface area contributed by atoms with Crippen LogP contribution in [0.5, 0.6) is 5.75 Å². The van der Waals surface area contributed by atoms with Gasteiger partial charge in [0.25, 0.3) is 5.91 Å². The maximum Gasteiger partial charge on any atom is 0.573 e. The fourth-order valence-corrected chi connectivity index (χ4v) is 4.48. The number of amides is 2.